The van der Waals surface area contributed by atoms with E-state index in [0.29, 0.717) is 0 Å². The van der Waals surface area contributed by atoms with Crippen molar-refractivity contribution in [3.05, 3.63) is 35.1 Å². The molecule has 1 aromatic carbocycles. The van der Waals surface area contributed by atoms with Gasteiger partial charge in [0.2, 0.25) is 0 Å². The summed E-state index contributed by atoms with van der Waals surface area (Å²) in [5.74, 6) is 0.769. The predicted octanol–water partition coefficient (Wildman–Crippen LogP) is 2.06. The molecule has 0 saturated carbocycles. The van der Waals surface area contributed by atoms with Gasteiger partial charge in [-0.3, -0.25) is 4.84 Å². The SMILES string of the molecule is CC(ON)c1ccc(F)c(F)c1F. The molecule has 0 aliphatic rings. The van der Waals surface area contributed by atoms with Crippen molar-refractivity contribution in [1.29, 1.82) is 0 Å². The summed E-state index contributed by atoms with van der Waals surface area (Å²) in [6.45, 7) is 1.43. The zero-order valence-electron chi connectivity index (χ0n) is 6.85. The molecule has 1 unspecified atom stereocenters. The van der Waals surface area contributed by atoms with Crippen molar-refractivity contribution in [1.82, 2.24) is 0 Å². The van der Waals surface area contributed by atoms with Crippen LogP contribution in [0.3, 0.4) is 0 Å². The fourth-order valence-corrected chi connectivity index (χ4v) is 0.928. The molecular weight excluding hydrogens is 183 g/mol. The molecule has 13 heavy (non-hydrogen) atoms. The molecule has 0 saturated heterocycles. The Morgan fingerprint density at radius 3 is 2.38 bits per heavy atom. The topological polar surface area (TPSA) is 35.2 Å². The molecule has 0 amide bonds. The van der Waals surface area contributed by atoms with Crippen LogP contribution in [0.4, 0.5) is 13.2 Å². The Kier molecular flexibility index (Phi) is 2.90. The molecule has 72 valence electrons. The van der Waals surface area contributed by atoms with E-state index in [1.807, 2.05) is 0 Å². The summed E-state index contributed by atoms with van der Waals surface area (Å²) >= 11 is 0. The van der Waals surface area contributed by atoms with Crippen LogP contribution in [0.5, 0.6) is 0 Å². The van der Waals surface area contributed by atoms with Gasteiger partial charge in [-0.2, -0.15) is 0 Å². The molecule has 0 heterocycles. The Labute approximate surface area is 73.1 Å². The summed E-state index contributed by atoms with van der Waals surface area (Å²) in [7, 11) is 0. The van der Waals surface area contributed by atoms with Crippen molar-refractivity contribution < 1.29 is 18.0 Å². The quantitative estimate of drug-likeness (QED) is 0.573. The van der Waals surface area contributed by atoms with Crippen LogP contribution in [-0.2, 0) is 4.84 Å². The zero-order chi connectivity index (χ0) is 10.0. The highest BCUT2D eigenvalue weighted by molar-refractivity contribution is 5.22. The molecule has 5 heteroatoms. The van der Waals surface area contributed by atoms with Crippen LogP contribution in [0.15, 0.2) is 12.1 Å². The first-order chi connectivity index (χ1) is 6.07. The second kappa shape index (κ2) is 3.76. The van der Waals surface area contributed by atoms with Gasteiger partial charge in [-0.15, -0.1) is 0 Å². The maximum absolute atomic E-state index is 12.9. The van der Waals surface area contributed by atoms with Crippen molar-refractivity contribution in [2.45, 2.75) is 13.0 Å². The molecule has 0 bridgehead atoms. The van der Waals surface area contributed by atoms with E-state index in [9.17, 15) is 13.2 Å². The van der Waals surface area contributed by atoms with E-state index < -0.39 is 23.6 Å². The Bertz CT molecular complexity index is 317. The van der Waals surface area contributed by atoms with Crippen molar-refractivity contribution >= 4 is 0 Å². The summed E-state index contributed by atoms with van der Waals surface area (Å²) in [5, 5.41) is 0. The lowest BCUT2D eigenvalue weighted by molar-refractivity contribution is 0.0632. The van der Waals surface area contributed by atoms with Gasteiger partial charge in [-0.25, -0.2) is 19.1 Å². The summed E-state index contributed by atoms with van der Waals surface area (Å²) in [5.41, 5.74) is -0.110. The van der Waals surface area contributed by atoms with Gasteiger partial charge in [0, 0.05) is 5.56 Å². The molecule has 1 rings (SSSR count). The molecule has 0 fully saturated rings. The van der Waals surface area contributed by atoms with E-state index in [1.165, 1.54) is 6.92 Å². The Balaban J connectivity index is 3.18. The smallest absolute Gasteiger partial charge is 0.194 e. The maximum atomic E-state index is 12.9. The minimum atomic E-state index is -1.51. The Hall–Kier alpha value is -1.07. The molecule has 0 aliphatic heterocycles. The third kappa shape index (κ3) is 1.81. The minimum Gasteiger partial charge on any atom is -0.297 e. The molecule has 2 nitrogen and oxygen atoms in total. The first kappa shape index (κ1) is 10.0. The summed E-state index contributed by atoms with van der Waals surface area (Å²) < 4.78 is 38.0. The highest BCUT2D eigenvalue weighted by Gasteiger charge is 2.17. The molecule has 0 aliphatic carbocycles. The molecular formula is C8H8F3NO. The maximum Gasteiger partial charge on any atom is 0.194 e. The third-order valence-corrected chi connectivity index (χ3v) is 1.71. The summed E-state index contributed by atoms with van der Waals surface area (Å²) in [4.78, 5) is 4.28. The van der Waals surface area contributed by atoms with Gasteiger partial charge in [-0.1, -0.05) is 6.07 Å². The number of benzene rings is 1. The third-order valence-electron chi connectivity index (χ3n) is 1.71. The molecule has 0 spiro atoms. The van der Waals surface area contributed by atoms with Crippen LogP contribution < -0.4 is 5.90 Å². The van der Waals surface area contributed by atoms with E-state index in [4.69, 9.17) is 5.90 Å². The fraction of sp³-hybridized carbons (Fsp3) is 0.250. The minimum absolute atomic E-state index is 0.110. The number of rotatable bonds is 2. The Morgan fingerprint density at radius 2 is 1.85 bits per heavy atom. The monoisotopic (exact) mass is 191 g/mol. The Morgan fingerprint density at radius 1 is 1.23 bits per heavy atom. The number of halogens is 3. The first-order valence-electron chi connectivity index (χ1n) is 3.57. The average Bonchev–Trinajstić information content (AvgIpc) is 2.13. The summed E-state index contributed by atoms with van der Waals surface area (Å²) in [6, 6.07) is 1.91. The predicted molar refractivity (Wildman–Crippen MR) is 40.0 cm³/mol. The highest BCUT2D eigenvalue weighted by Crippen LogP contribution is 2.22. The summed E-state index contributed by atoms with van der Waals surface area (Å²) in [6.07, 6.45) is -0.810. The van der Waals surface area contributed by atoms with Gasteiger partial charge in [0.05, 0.1) is 0 Å². The van der Waals surface area contributed by atoms with Crippen LogP contribution >= 0.6 is 0 Å². The molecule has 2 N–H and O–H groups in total. The molecule has 1 aromatic rings. The van der Waals surface area contributed by atoms with E-state index in [2.05, 4.69) is 4.84 Å². The van der Waals surface area contributed by atoms with E-state index >= 15 is 0 Å². The highest BCUT2D eigenvalue weighted by atomic mass is 19.2. The number of hydrogen-bond acceptors (Lipinski definition) is 2. The standard InChI is InChI=1S/C8H8F3NO/c1-4(13-12)5-2-3-6(9)8(11)7(5)10/h2-4H,12H2,1H3. The van der Waals surface area contributed by atoms with Gasteiger partial charge in [0.15, 0.2) is 17.5 Å². The normalized spacial score (nSPS) is 13.0. The van der Waals surface area contributed by atoms with E-state index in [1.54, 1.807) is 0 Å². The lowest BCUT2D eigenvalue weighted by Crippen LogP contribution is -2.09. The van der Waals surface area contributed by atoms with Crippen LogP contribution in [0.25, 0.3) is 0 Å². The van der Waals surface area contributed by atoms with Gasteiger partial charge in [0.1, 0.15) is 6.10 Å². The largest absolute Gasteiger partial charge is 0.297 e. The fourth-order valence-electron chi connectivity index (χ4n) is 0.928. The van der Waals surface area contributed by atoms with Crippen molar-refractivity contribution in [2.24, 2.45) is 5.90 Å². The zero-order valence-corrected chi connectivity index (χ0v) is 6.85. The number of hydrogen-bond donors (Lipinski definition) is 1. The second-order valence-electron chi connectivity index (χ2n) is 2.54. The van der Waals surface area contributed by atoms with Crippen LogP contribution in [0.1, 0.15) is 18.6 Å². The van der Waals surface area contributed by atoms with Crippen LogP contribution in [-0.4, -0.2) is 0 Å². The number of nitrogens with two attached hydrogens (primary N) is 1. The van der Waals surface area contributed by atoms with Crippen molar-refractivity contribution in [3.63, 3.8) is 0 Å². The van der Waals surface area contributed by atoms with E-state index in [0.717, 1.165) is 12.1 Å². The molecule has 1 atom stereocenters. The van der Waals surface area contributed by atoms with E-state index in [-0.39, 0.29) is 5.56 Å². The van der Waals surface area contributed by atoms with Crippen LogP contribution in [0.2, 0.25) is 0 Å². The van der Waals surface area contributed by atoms with Gasteiger partial charge < -0.3 is 0 Å². The van der Waals surface area contributed by atoms with Crippen LogP contribution in [0, 0.1) is 17.5 Å². The average molecular weight is 191 g/mol. The first-order valence-corrected chi connectivity index (χ1v) is 3.57. The van der Waals surface area contributed by atoms with Gasteiger partial charge in [0.25, 0.3) is 0 Å². The second-order valence-corrected chi connectivity index (χ2v) is 2.54. The van der Waals surface area contributed by atoms with Crippen molar-refractivity contribution in [3.8, 4) is 0 Å². The molecule has 0 radical (unpaired) electrons. The lowest BCUT2D eigenvalue weighted by Gasteiger charge is -2.10. The van der Waals surface area contributed by atoms with Gasteiger partial charge >= 0.3 is 0 Å². The van der Waals surface area contributed by atoms with Crippen molar-refractivity contribution in [2.75, 3.05) is 0 Å². The van der Waals surface area contributed by atoms with Gasteiger partial charge in [-0.05, 0) is 13.0 Å². The lowest BCUT2D eigenvalue weighted by atomic mass is 10.1. The molecule has 0 aromatic heterocycles.